The van der Waals surface area contributed by atoms with Gasteiger partial charge in [-0.1, -0.05) is 25.0 Å². The van der Waals surface area contributed by atoms with Crippen molar-refractivity contribution in [3.05, 3.63) is 35.6 Å². The maximum absolute atomic E-state index is 13.3. The Balaban J connectivity index is 1.89. The summed E-state index contributed by atoms with van der Waals surface area (Å²) >= 11 is 0. The number of nitrogens with zero attached hydrogens (tertiary/aromatic N) is 1. The lowest BCUT2D eigenvalue weighted by Crippen LogP contribution is -2.45. The van der Waals surface area contributed by atoms with Gasteiger partial charge in [-0.2, -0.15) is 0 Å². The molecule has 0 aromatic heterocycles. The number of nitrogens with one attached hydrogen (secondary N) is 1. The van der Waals surface area contributed by atoms with E-state index in [0.717, 1.165) is 18.4 Å². The SMILES string of the molecule is COCCNCC(=O)N(CCc1cccc(F)c1)C1CCCC1. The van der Waals surface area contributed by atoms with E-state index in [-0.39, 0.29) is 11.7 Å². The van der Waals surface area contributed by atoms with Crippen LogP contribution in [0.25, 0.3) is 0 Å². The van der Waals surface area contributed by atoms with Crippen LogP contribution in [0.15, 0.2) is 24.3 Å². The summed E-state index contributed by atoms with van der Waals surface area (Å²) in [5.41, 5.74) is 0.938. The zero-order valence-electron chi connectivity index (χ0n) is 13.9. The Morgan fingerprint density at radius 2 is 2.17 bits per heavy atom. The van der Waals surface area contributed by atoms with Crippen LogP contribution in [0.3, 0.4) is 0 Å². The van der Waals surface area contributed by atoms with Gasteiger partial charge in [0, 0.05) is 26.2 Å². The maximum Gasteiger partial charge on any atom is 0.236 e. The molecule has 2 rings (SSSR count). The minimum absolute atomic E-state index is 0.129. The standard InChI is InChI=1S/C18H27FN2O2/c1-23-12-10-20-14-18(22)21(17-7-2-3-8-17)11-9-15-5-4-6-16(19)13-15/h4-6,13,17,20H,2-3,7-12,14H2,1H3. The van der Waals surface area contributed by atoms with Gasteiger partial charge in [-0.3, -0.25) is 4.79 Å². The third kappa shape index (κ3) is 5.92. The van der Waals surface area contributed by atoms with E-state index < -0.39 is 0 Å². The van der Waals surface area contributed by atoms with Crippen LogP contribution in [0.4, 0.5) is 4.39 Å². The second kappa shape index (κ2) is 9.63. The van der Waals surface area contributed by atoms with Crippen molar-refractivity contribution in [1.29, 1.82) is 0 Å². The number of carbonyl (C=O) groups excluding carboxylic acids is 1. The lowest BCUT2D eigenvalue weighted by molar-refractivity contribution is -0.132. The van der Waals surface area contributed by atoms with Crippen LogP contribution in [0.1, 0.15) is 31.2 Å². The lowest BCUT2D eigenvalue weighted by Gasteiger charge is -2.29. The Morgan fingerprint density at radius 3 is 2.87 bits per heavy atom. The average molecular weight is 322 g/mol. The number of hydrogen-bond donors (Lipinski definition) is 1. The number of halogens is 1. The molecule has 0 unspecified atom stereocenters. The topological polar surface area (TPSA) is 41.6 Å². The molecule has 0 bridgehead atoms. The summed E-state index contributed by atoms with van der Waals surface area (Å²) in [4.78, 5) is 14.5. The monoisotopic (exact) mass is 322 g/mol. The molecule has 0 radical (unpaired) electrons. The highest BCUT2D eigenvalue weighted by atomic mass is 19.1. The number of amides is 1. The van der Waals surface area contributed by atoms with Crippen LogP contribution in [0, 0.1) is 5.82 Å². The molecule has 5 heteroatoms. The maximum atomic E-state index is 13.3. The van der Waals surface area contributed by atoms with Gasteiger partial charge in [0.25, 0.3) is 0 Å². The largest absolute Gasteiger partial charge is 0.383 e. The normalized spacial score (nSPS) is 15.0. The highest BCUT2D eigenvalue weighted by molar-refractivity contribution is 5.78. The number of benzene rings is 1. The summed E-state index contributed by atoms with van der Waals surface area (Å²) in [7, 11) is 1.65. The number of methoxy groups -OCH3 is 1. The van der Waals surface area contributed by atoms with Gasteiger partial charge < -0.3 is 15.0 Å². The van der Waals surface area contributed by atoms with E-state index in [9.17, 15) is 9.18 Å². The minimum Gasteiger partial charge on any atom is -0.383 e. The van der Waals surface area contributed by atoms with Gasteiger partial charge in [0.05, 0.1) is 13.2 Å². The molecular weight excluding hydrogens is 295 g/mol. The van der Waals surface area contributed by atoms with E-state index in [1.807, 2.05) is 11.0 Å². The van der Waals surface area contributed by atoms with Crippen LogP contribution in [-0.4, -0.2) is 50.2 Å². The molecule has 1 amide bonds. The summed E-state index contributed by atoms with van der Waals surface area (Å²) in [5, 5.41) is 3.12. The van der Waals surface area contributed by atoms with Gasteiger partial charge in [0.2, 0.25) is 5.91 Å². The molecule has 0 aliphatic heterocycles. The second-order valence-electron chi connectivity index (χ2n) is 6.07. The van der Waals surface area contributed by atoms with E-state index in [1.165, 1.54) is 18.9 Å². The highest BCUT2D eigenvalue weighted by Crippen LogP contribution is 2.24. The fraction of sp³-hybridized carbons (Fsp3) is 0.611. The van der Waals surface area contributed by atoms with Gasteiger partial charge in [-0.05, 0) is 37.0 Å². The van der Waals surface area contributed by atoms with Crippen LogP contribution < -0.4 is 5.32 Å². The van der Waals surface area contributed by atoms with Gasteiger partial charge >= 0.3 is 0 Å². The molecule has 0 atom stereocenters. The quantitative estimate of drug-likeness (QED) is 0.710. The molecule has 1 saturated carbocycles. The zero-order chi connectivity index (χ0) is 16.5. The molecule has 1 N–H and O–H groups in total. The van der Waals surface area contributed by atoms with Gasteiger partial charge in [0.1, 0.15) is 5.82 Å². The smallest absolute Gasteiger partial charge is 0.236 e. The Bertz CT molecular complexity index is 490. The Kier molecular flexibility index (Phi) is 7.49. The predicted octanol–water partition coefficient (Wildman–Crippen LogP) is 2.38. The summed E-state index contributed by atoms with van der Waals surface area (Å²) in [6.07, 6.45) is 5.22. The molecule has 0 spiro atoms. The fourth-order valence-corrected chi connectivity index (χ4v) is 3.14. The van der Waals surface area contributed by atoms with Crippen molar-refractivity contribution in [3.63, 3.8) is 0 Å². The molecule has 1 fully saturated rings. The van der Waals surface area contributed by atoms with E-state index in [1.54, 1.807) is 19.2 Å². The van der Waals surface area contributed by atoms with Gasteiger partial charge in [-0.25, -0.2) is 4.39 Å². The summed E-state index contributed by atoms with van der Waals surface area (Å²) in [5.74, 6) is -0.0909. The Labute approximate surface area is 138 Å². The molecule has 1 aromatic carbocycles. The van der Waals surface area contributed by atoms with Crippen LogP contribution >= 0.6 is 0 Å². The first kappa shape index (κ1) is 17.9. The van der Waals surface area contributed by atoms with Gasteiger partial charge in [-0.15, -0.1) is 0 Å². The summed E-state index contributed by atoms with van der Waals surface area (Å²) < 4.78 is 18.3. The van der Waals surface area contributed by atoms with Crippen LogP contribution in [-0.2, 0) is 16.0 Å². The first-order valence-electron chi connectivity index (χ1n) is 8.44. The van der Waals surface area contributed by atoms with Gasteiger partial charge in [0.15, 0.2) is 0 Å². The molecule has 4 nitrogen and oxygen atoms in total. The number of ether oxygens (including phenoxy) is 1. The number of hydrogen-bond acceptors (Lipinski definition) is 3. The van der Waals surface area contributed by atoms with E-state index in [0.29, 0.717) is 38.7 Å². The van der Waals surface area contributed by atoms with E-state index >= 15 is 0 Å². The van der Waals surface area contributed by atoms with Crippen molar-refractivity contribution in [1.82, 2.24) is 10.2 Å². The minimum atomic E-state index is -0.220. The third-order valence-corrected chi connectivity index (χ3v) is 4.38. The second-order valence-corrected chi connectivity index (χ2v) is 6.07. The first-order valence-corrected chi connectivity index (χ1v) is 8.44. The number of rotatable bonds is 9. The van der Waals surface area contributed by atoms with Crippen LogP contribution in [0.2, 0.25) is 0 Å². The summed E-state index contributed by atoms with van der Waals surface area (Å²) in [6, 6.07) is 6.97. The fourth-order valence-electron chi connectivity index (χ4n) is 3.14. The van der Waals surface area contributed by atoms with Crippen molar-refractivity contribution in [3.8, 4) is 0 Å². The lowest BCUT2D eigenvalue weighted by atomic mass is 10.1. The van der Waals surface area contributed by atoms with Crippen LogP contribution in [0.5, 0.6) is 0 Å². The zero-order valence-corrected chi connectivity index (χ0v) is 13.9. The molecule has 0 heterocycles. The van der Waals surface area contributed by atoms with Crippen molar-refractivity contribution in [2.24, 2.45) is 0 Å². The average Bonchev–Trinajstić information content (AvgIpc) is 3.06. The molecule has 1 aliphatic rings. The van der Waals surface area contributed by atoms with Crippen molar-refractivity contribution < 1.29 is 13.9 Å². The molecule has 23 heavy (non-hydrogen) atoms. The summed E-state index contributed by atoms with van der Waals surface area (Å²) in [6.45, 7) is 2.26. The highest BCUT2D eigenvalue weighted by Gasteiger charge is 2.25. The Morgan fingerprint density at radius 1 is 1.39 bits per heavy atom. The molecule has 1 aromatic rings. The molecule has 0 saturated heterocycles. The number of carbonyl (C=O) groups is 1. The predicted molar refractivity (Wildman–Crippen MR) is 88.8 cm³/mol. The molecular formula is C18H27FN2O2. The first-order chi connectivity index (χ1) is 11.2. The molecule has 1 aliphatic carbocycles. The van der Waals surface area contributed by atoms with E-state index in [2.05, 4.69) is 5.32 Å². The van der Waals surface area contributed by atoms with E-state index in [4.69, 9.17) is 4.74 Å². The third-order valence-electron chi connectivity index (χ3n) is 4.38. The van der Waals surface area contributed by atoms with Crippen molar-refractivity contribution in [2.45, 2.75) is 38.1 Å². The molecule has 128 valence electrons. The Hall–Kier alpha value is -1.46. The van der Waals surface area contributed by atoms with Crippen molar-refractivity contribution in [2.75, 3.05) is 33.4 Å². The van der Waals surface area contributed by atoms with Crippen molar-refractivity contribution >= 4 is 5.91 Å².